The zero-order valence-electron chi connectivity index (χ0n) is 10.9. The lowest BCUT2D eigenvalue weighted by Crippen LogP contribution is -2.62. The van der Waals surface area contributed by atoms with Gasteiger partial charge in [-0.2, -0.15) is 0 Å². The summed E-state index contributed by atoms with van der Waals surface area (Å²) in [7, 11) is 0. The summed E-state index contributed by atoms with van der Waals surface area (Å²) >= 11 is 3.31. The van der Waals surface area contributed by atoms with Crippen LogP contribution in [0.2, 0.25) is 0 Å². The van der Waals surface area contributed by atoms with E-state index in [2.05, 4.69) is 15.9 Å². The number of ether oxygens (including phenoxy) is 1. The third-order valence-corrected chi connectivity index (χ3v) is 3.83. The monoisotopic (exact) mass is 342 g/mol. The Bertz CT molecular complexity index is 555. The highest BCUT2D eigenvalue weighted by atomic mass is 79.9. The Labute approximate surface area is 124 Å². The quantitative estimate of drug-likeness (QED) is 0.839. The smallest absolute Gasteiger partial charge is 0.329 e. The lowest BCUT2D eigenvalue weighted by Gasteiger charge is -2.48. The number of hydrogen-bond donors (Lipinski definition) is 2. The van der Waals surface area contributed by atoms with Crippen LogP contribution in [-0.2, 0) is 9.53 Å². The summed E-state index contributed by atoms with van der Waals surface area (Å²) < 4.78 is 5.99. The lowest BCUT2D eigenvalue weighted by molar-refractivity contribution is -0.150. The molecular weight excluding hydrogens is 328 g/mol. The van der Waals surface area contributed by atoms with Crippen molar-refractivity contribution in [2.45, 2.75) is 12.5 Å². The molecule has 6 nitrogen and oxygen atoms in total. The molecule has 1 fully saturated rings. The van der Waals surface area contributed by atoms with Crippen molar-refractivity contribution >= 4 is 33.5 Å². The van der Waals surface area contributed by atoms with Gasteiger partial charge in [-0.05, 0) is 41.1 Å². The standard InChI is InChI=1S/C13H15BrN2O4/c1-13(20-5-11(17)18)6-16(7-13)8-2-3-9(12(15)19)10(14)4-8/h2-4H,5-7H2,1H3,(H2,15,19)(H,17,18). The fourth-order valence-electron chi connectivity index (χ4n) is 2.17. The number of amides is 1. The summed E-state index contributed by atoms with van der Waals surface area (Å²) in [5.74, 6) is -1.46. The minimum Gasteiger partial charge on any atom is -0.480 e. The second kappa shape index (κ2) is 5.41. The summed E-state index contributed by atoms with van der Waals surface area (Å²) in [6.07, 6.45) is 0. The van der Waals surface area contributed by atoms with Crippen LogP contribution in [-0.4, -0.2) is 42.3 Å². The zero-order valence-corrected chi connectivity index (χ0v) is 12.5. The molecule has 1 amide bonds. The highest BCUT2D eigenvalue weighted by Gasteiger charge is 2.40. The molecule has 0 aliphatic carbocycles. The second-order valence-corrected chi connectivity index (χ2v) is 5.87. The van der Waals surface area contributed by atoms with Crippen molar-refractivity contribution in [3.8, 4) is 0 Å². The molecule has 0 spiro atoms. The van der Waals surface area contributed by atoms with E-state index in [-0.39, 0.29) is 6.61 Å². The highest BCUT2D eigenvalue weighted by Crippen LogP contribution is 2.32. The first-order valence-electron chi connectivity index (χ1n) is 6.01. The summed E-state index contributed by atoms with van der Waals surface area (Å²) in [6.45, 7) is 2.78. The number of hydrogen-bond acceptors (Lipinski definition) is 4. The summed E-state index contributed by atoms with van der Waals surface area (Å²) in [5, 5.41) is 8.61. The van der Waals surface area contributed by atoms with Gasteiger partial charge >= 0.3 is 5.97 Å². The fourth-order valence-corrected chi connectivity index (χ4v) is 2.73. The average molecular weight is 343 g/mol. The molecule has 0 radical (unpaired) electrons. The summed E-state index contributed by atoms with van der Waals surface area (Å²) in [4.78, 5) is 23.7. The van der Waals surface area contributed by atoms with Crippen molar-refractivity contribution in [1.82, 2.24) is 0 Å². The number of halogens is 1. The number of aliphatic carboxylic acids is 1. The molecule has 1 heterocycles. The third kappa shape index (κ3) is 3.10. The molecule has 1 saturated heterocycles. The molecule has 0 aromatic heterocycles. The molecule has 0 bridgehead atoms. The van der Waals surface area contributed by atoms with Crippen molar-refractivity contribution < 1.29 is 19.4 Å². The Kier molecular flexibility index (Phi) is 4.01. The Morgan fingerprint density at radius 1 is 1.50 bits per heavy atom. The Morgan fingerprint density at radius 2 is 2.15 bits per heavy atom. The second-order valence-electron chi connectivity index (χ2n) is 5.02. The van der Waals surface area contributed by atoms with E-state index in [0.29, 0.717) is 23.1 Å². The number of anilines is 1. The minimum atomic E-state index is -0.974. The van der Waals surface area contributed by atoms with Gasteiger partial charge in [0.25, 0.3) is 0 Å². The first-order valence-corrected chi connectivity index (χ1v) is 6.80. The van der Waals surface area contributed by atoms with Crippen LogP contribution in [0.3, 0.4) is 0 Å². The van der Waals surface area contributed by atoms with Crippen LogP contribution in [0.15, 0.2) is 22.7 Å². The molecule has 1 aromatic rings. The molecule has 3 N–H and O–H groups in total. The van der Waals surface area contributed by atoms with Crippen LogP contribution in [0.1, 0.15) is 17.3 Å². The van der Waals surface area contributed by atoms with Gasteiger partial charge in [-0.1, -0.05) is 0 Å². The van der Waals surface area contributed by atoms with E-state index in [1.54, 1.807) is 6.07 Å². The van der Waals surface area contributed by atoms with Gasteiger partial charge in [0.1, 0.15) is 12.2 Å². The van der Waals surface area contributed by atoms with Crippen LogP contribution in [0, 0.1) is 0 Å². The van der Waals surface area contributed by atoms with Crippen LogP contribution < -0.4 is 10.6 Å². The van der Waals surface area contributed by atoms with Gasteiger partial charge < -0.3 is 20.5 Å². The number of carbonyl (C=O) groups is 2. The van der Waals surface area contributed by atoms with Crippen molar-refractivity contribution in [2.24, 2.45) is 5.73 Å². The number of nitrogens with two attached hydrogens (primary N) is 1. The number of benzene rings is 1. The third-order valence-electron chi connectivity index (χ3n) is 3.18. The van der Waals surface area contributed by atoms with Gasteiger partial charge in [-0.15, -0.1) is 0 Å². The van der Waals surface area contributed by atoms with E-state index >= 15 is 0 Å². The van der Waals surface area contributed by atoms with Crippen LogP contribution >= 0.6 is 15.9 Å². The van der Waals surface area contributed by atoms with Gasteiger partial charge in [-0.3, -0.25) is 4.79 Å². The van der Waals surface area contributed by atoms with Crippen molar-refractivity contribution in [2.75, 3.05) is 24.6 Å². The Balaban J connectivity index is 2.00. The first kappa shape index (κ1) is 14.8. The molecule has 1 aromatic carbocycles. The van der Waals surface area contributed by atoms with E-state index in [1.807, 2.05) is 24.0 Å². The molecule has 7 heteroatoms. The number of rotatable bonds is 5. The molecule has 20 heavy (non-hydrogen) atoms. The van der Waals surface area contributed by atoms with E-state index in [1.165, 1.54) is 0 Å². The molecule has 0 unspecified atom stereocenters. The van der Waals surface area contributed by atoms with Crippen LogP contribution in [0.25, 0.3) is 0 Å². The zero-order chi connectivity index (χ0) is 14.9. The number of primary amides is 1. The first-order chi connectivity index (χ1) is 9.31. The number of carboxylic acids is 1. The van der Waals surface area contributed by atoms with Crippen molar-refractivity contribution in [3.05, 3.63) is 28.2 Å². The minimum absolute atomic E-state index is 0.297. The Hall–Kier alpha value is -1.60. The SMILES string of the molecule is CC1(OCC(=O)O)CN(c2ccc(C(N)=O)c(Br)c2)C1. The molecular formula is C13H15BrN2O4. The topological polar surface area (TPSA) is 92.9 Å². The van der Waals surface area contributed by atoms with Crippen LogP contribution in [0.5, 0.6) is 0 Å². The normalized spacial score (nSPS) is 16.6. The van der Waals surface area contributed by atoms with Crippen molar-refractivity contribution in [3.63, 3.8) is 0 Å². The molecule has 2 rings (SSSR count). The molecule has 108 valence electrons. The van der Waals surface area contributed by atoms with Gasteiger partial charge in [0, 0.05) is 23.2 Å². The maximum atomic E-state index is 11.1. The average Bonchev–Trinajstić information content (AvgIpc) is 2.32. The molecule has 0 atom stereocenters. The highest BCUT2D eigenvalue weighted by molar-refractivity contribution is 9.10. The van der Waals surface area contributed by atoms with E-state index in [0.717, 1.165) is 5.69 Å². The fraction of sp³-hybridized carbons (Fsp3) is 0.385. The predicted molar refractivity (Wildman–Crippen MR) is 76.9 cm³/mol. The van der Waals surface area contributed by atoms with E-state index < -0.39 is 17.5 Å². The largest absolute Gasteiger partial charge is 0.480 e. The summed E-state index contributed by atoms with van der Waals surface area (Å²) in [6, 6.07) is 5.29. The number of nitrogens with zero attached hydrogens (tertiary/aromatic N) is 1. The lowest BCUT2D eigenvalue weighted by atomic mass is 9.95. The maximum absolute atomic E-state index is 11.1. The Morgan fingerprint density at radius 3 is 2.65 bits per heavy atom. The molecule has 1 aliphatic rings. The van der Waals surface area contributed by atoms with Gasteiger partial charge in [0.15, 0.2) is 0 Å². The number of carbonyl (C=O) groups excluding carboxylic acids is 1. The van der Waals surface area contributed by atoms with Gasteiger partial charge in [0.2, 0.25) is 5.91 Å². The van der Waals surface area contributed by atoms with Crippen LogP contribution in [0.4, 0.5) is 5.69 Å². The summed E-state index contributed by atoms with van der Waals surface area (Å²) in [5.41, 5.74) is 6.15. The van der Waals surface area contributed by atoms with E-state index in [4.69, 9.17) is 15.6 Å². The van der Waals surface area contributed by atoms with E-state index in [9.17, 15) is 9.59 Å². The molecule has 1 aliphatic heterocycles. The van der Waals surface area contributed by atoms with Gasteiger partial charge in [-0.25, -0.2) is 4.79 Å². The van der Waals surface area contributed by atoms with Crippen molar-refractivity contribution in [1.29, 1.82) is 0 Å². The number of carboxylic acid groups (broad SMARTS) is 1. The maximum Gasteiger partial charge on any atom is 0.329 e. The van der Waals surface area contributed by atoms with Gasteiger partial charge in [0.05, 0.1) is 5.56 Å². The molecule has 0 saturated carbocycles. The predicted octanol–water partition coefficient (Wildman–Crippen LogP) is 1.23.